The molecule has 0 fully saturated rings. The van der Waals surface area contributed by atoms with Gasteiger partial charge in [0.2, 0.25) is 0 Å². The van der Waals surface area contributed by atoms with E-state index in [0.717, 1.165) is 11.4 Å². The number of amidine groups is 1. The molecule has 92 valence electrons. The van der Waals surface area contributed by atoms with E-state index in [1.807, 2.05) is 40.9 Å². The van der Waals surface area contributed by atoms with Gasteiger partial charge < -0.3 is 10.2 Å². The van der Waals surface area contributed by atoms with E-state index in [0.29, 0.717) is 12.1 Å². The van der Waals surface area contributed by atoms with Gasteiger partial charge in [-0.05, 0) is 6.07 Å². The molecule has 0 radical (unpaired) electrons. The number of aryl methyl sites for hydroxylation is 1. The van der Waals surface area contributed by atoms with Crippen LogP contribution in [0.5, 0.6) is 0 Å². The molecule has 0 aliphatic rings. The predicted molar refractivity (Wildman–Crippen MR) is 65.4 cm³/mol. The highest BCUT2D eigenvalue weighted by Crippen LogP contribution is 2.08. The summed E-state index contributed by atoms with van der Waals surface area (Å²) in [5.74, 6) is 0.805. The molecule has 0 saturated heterocycles. The highest BCUT2D eigenvalue weighted by Gasteiger charge is 2.14. The predicted octanol–water partition coefficient (Wildman–Crippen LogP) is 0.491. The fraction of sp³-hybridized carbons (Fsp3) is 0.167. The maximum Gasteiger partial charge on any atom is 0.307 e. The molecule has 0 amide bonds. The number of nitrogen functional groups attached to an aromatic ring is 1. The van der Waals surface area contributed by atoms with Gasteiger partial charge in [0.05, 0.1) is 5.56 Å². The van der Waals surface area contributed by atoms with Crippen molar-refractivity contribution in [3.05, 3.63) is 48.3 Å². The number of nitrogens with two attached hydrogens (primary N) is 1. The Morgan fingerprint density at radius 1 is 1.50 bits per heavy atom. The summed E-state index contributed by atoms with van der Waals surface area (Å²) < 4.78 is 11.5. The van der Waals surface area contributed by atoms with Crippen LogP contribution in [0.1, 0.15) is 11.3 Å². The maximum atomic E-state index is 7.34. The van der Waals surface area contributed by atoms with Gasteiger partial charge in [0.1, 0.15) is 30.6 Å². The second kappa shape index (κ2) is 3.76. The van der Waals surface area contributed by atoms with E-state index in [9.17, 15) is 0 Å². The van der Waals surface area contributed by atoms with Crippen LogP contribution in [0.15, 0.2) is 41.4 Å². The third-order valence-electron chi connectivity index (χ3n) is 2.99. The largest absolute Gasteiger partial charge is 0.464 e. The van der Waals surface area contributed by atoms with Crippen LogP contribution in [0.4, 0.5) is 0 Å². The molecule has 3 aromatic heterocycles. The van der Waals surface area contributed by atoms with E-state index in [1.54, 1.807) is 6.07 Å². The molecule has 0 aliphatic carbocycles. The molecular weight excluding hydrogens is 230 g/mol. The van der Waals surface area contributed by atoms with Gasteiger partial charge in [0.25, 0.3) is 0 Å². The Bertz CT molecular complexity index is 718. The number of furan rings is 1. The first-order chi connectivity index (χ1) is 8.65. The second-order valence-electron chi connectivity index (χ2n) is 4.23. The van der Waals surface area contributed by atoms with Crippen molar-refractivity contribution in [3.8, 4) is 0 Å². The number of aromatic nitrogens is 3. The highest BCUT2D eigenvalue weighted by molar-refractivity contribution is 5.94. The number of fused-ring (bicyclic) bond motifs is 1. The lowest BCUT2D eigenvalue weighted by Crippen LogP contribution is -2.32. The Labute approximate surface area is 103 Å². The van der Waals surface area contributed by atoms with E-state index in [-0.39, 0.29) is 5.84 Å². The summed E-state index contributed by atoms with van der Waals surface area (Å²) in [6.07, 6.45) is 7.49. The lowest BCUT2D eigenvalue weighted by atomic mass is 10.3. The molecular formula is C12H14N5O+. The minimum absolute atomic E-state index is 0.0248. The molecule has 6 heteroatoms. The number of hydrogen-bond donors (Lipinski definition) is 2. The van der Waals surface area contributed by atoms with Crippen LogP contribution in [0, 0.1) is 5.41 Å². The molecule has 3 aromatic rings. The van der Waals surface area contributed by atoms with E-state index < -0.39 is 0 Å². The van der Waals surface area contributed by atoms with Gasteiger partial charge in [-0.3, -0.25) is 5.41 Å². The minimum atomic E-state index is 0.0248. The van der Waals surface area contributed by atoms with Crippen molar-refractivity contribution in [1.29, 1.82) is 5.41 Å². The van der Waals surface area contributed by atoms with Gasteiger partial charge in [-0.1, -0.05) is 0 Å². The molecule has 0 aromatic carbocycles. The van der Waals surface area contributed by atoms with Crippen molar-refractivity contribution in [2.45, 2.75) is 6.54 Å². The first kappa shape index (κ1) is 10.6. The van der Waals surface area contributed by atoms with Gasteiger partial charge in [0, 0.05) is 19.3 Å². The number of rotatable bonds is 3. The molecule has 0 saturated carbocycles. The van der Waals surface area contributed by atoms with E-state index in [2.05, 4.69) is 4.57 Å². The molecule has 0 bridgehead atoms. The zero-order valence-corrected chi connectivity index (χ0v) is 10.00. The smallest absolute Gasteiger partial charge is 0.307 e. The molecule has 0 spiro atoms. The van der Waals surface area contributed by atoms with Crippen LogP contribution < -0.4 is 10.3 Å². The zero-order chi connectivity index (χ0) is 12.7. The zero-order valence-electron chi connectivity index (χ0n) is 10.00. The van der Waals surface area contributed by atoms with Crippen molar-refractivity contribution < 1.29 is 8.98 Å². The Morgan fingerprint density at radius 3 is 3.06 bits per heavy atom. The third kappa shape index (κ3) is 1.58. The number of imidazole rings is 1. The minimum Gasteiger partial charge on any atom is -0.464 e. The summed E-state index contributed by atoms with van der Waals surface area (Å²) in [6, 6.07) is 3.83. The molecule has 3 rings (SSSR count). The first-order valence-electron chi connectivity index (χ1n) is 5.59. The average molecular weight is 244 g/mol. The summed E-state index contributed by atoms with van der Waals surface area (Å²) in [5.41, 5.74) is 7.10. The maximum absolute atomic E-state index is 7.34. The fourth-order valence-electron chi connectivity index (χ4n) is 2.02. The van der Waals surface area contributed by atoms with Crippen molar-refractivity contribution in [2.24, 2.45) is 12.8 Å². The van der Waals surface area contributed by atoms with Crippen molar-refractivity contribution in [3.63, 3.8) is 0 Å². The van der Waals surface area contributed by atoms with Crippen LogP contribution >= 0.6 is 0 Å². The van der Waals surface area contributed by atoms with Gasteiger partial charge in [-0.2, -0.15) is 0 Å². The van der Waals surface area contributed by atoms with Crippen LogP contribution in [0.3, 0.4) is 0 Å². The Morgan fingerprint density at radius 2 is 2.33 bits per heavy atom. The number of nitrogens with zero attached hydrogens (tertiary/aromatic N) is 3. The topological polar surface area (TPSA) is 76.2 Å². The van der Waals surface area contributed by atoms with E-state index >= 15 is 0 Å². The standard InChI is InChI=1S/C12H14N5O/c1-15-3-2-11-16(4-5-17(11)15)7-10-6-9(8-18-10)12(13)14/h2-6,8H,7H2,1H3,(H3,13,14)/q+1. The molecule has 18 heavy (non-hydrogen) atoms. The summed E-state index contributed by atoms with van der Waals surface area (Å²) in [5, 5.41) is 7.34. The Balaban J connectivity index is 1.93. The van der Waals surface area contributed by atoms with Gasteiger partial charge in [-0.25, -0.2) is 9.25 Å². The lowest BCUT2D eigenvalue weighted by Gasteiger charge is -1.92. The quantitative estimate of drug-likeness (QED) is 0.399. The normalized spacial score (nSPS) is 11.2. The molecule has 0 atom stereocenters. The van der Waals surface area contributed by atoms with E-state index in [1.165, 1.54) is 6.26 Å². The molecule has 0 aliphatic heterocycles. The summed E-state index contributed by atoms with van der Waals surface area (Å²) in [4.78, 5) is 0. The van der Waals surface area contributed by atoms with Crippen molar-refractivity contribution in [2.75, 3.05) is 0 Å². The van der Waals surface area contributed by atoms with Crippen LogP contribution in [-0.2, 0) is 13.6 Å². The summed E-state index contributed by atoms with van der Waals surface area (Å²) in [7, 11) is 1.98. The fourth-order valence-corrected chi connectivity index (χ4v) is 2.02. The van der Waals surface area contributed by atoms with Gasteiger partial charge >= 0.3 is 5.65 Å². The van der Waals surface area contributed by atoms with Crippen LogP contribution in [0.25, 0.3) is 5.65 Å². The van der Waals surface area contributed by atoms with Crippen LogP contribution in [0.2, 0.25) is 0 Å². The summed E-state index contributed by atoms with van der Waals surface area (Å²) >= 11 is 0. The second-order valence-corrected chi connectivity index (χ2v) is 4.23. The van der Waals surface area contributed by atoms with Gasteiger partial charge in [-0.15, -0.1) is 4.52 Å². The number of hydrogen-bond acceptors (Lipinski definition) is 2. The SMILES string of the molecule is Cn1ccc2n1cc[n+]2Cc1cc(C(=N)N)co1. The lowest BCUT2D eigenvalue weighted by molar-refractivity contribution is -0.663. The first-order valence-corrected chi connectivity index (χ1v) is 5.59. The van der Waals surface area contributed by atoms with Crippen LogP contribution in [-0.4, -0.2) is 15.0 Å². The molecule has 0 unspecified atom stereocenters. The Hall–Kier alpha value is -2.50. The molecule has 3 heterocycles. The Kier molecular flexibility index (Phi) is 2.22. The van der Waals surface area contributed by atoms with Gasteiger partial charge in [0.15, 0.2) is 6.20 Å². The highest BCUT2D eigenvalue weighted by atomic mass is 16.3. The van der Waals surface area contributed by atoms with Crippen molar-refractivity contribution >= 4 is 11.5 Å². The third-order valence-corrected chi connectivity index (χ3v) is 2.99. The molecule has 3 N–H and O–H groups in total. The monoisotopic (exact) mass is 244 g/mol. The van der Waals surface area contributed by atoms with E-state index in [4.69, 9.17) is 15.6 Å². The average Bonchev–Trinajstić information content (AvgIpc) is 2.99. The number of nitrogens with one attached hydrogen (secondary N) is 1. The molecule has 6 nitrogen and oxygen atoms in total. The summed E-state index contributed by atoms with van der Waals surface area (Å²) in [6.45, 7) is 0.619. The van der Waals surface area contributed by atoms with Crippen molar-refractivity contribution in [1.82, 2.24) is 9.20 Å².